The number of nitro groups is 1. The molecule has 18 heavy (non-hydrogen) atoms. The van der Waals surface area contributed by atoms with Gasteiger partial charge in [-0.05, 0) is 39.7 Å². The summed E-state index contributed by atoms with van der Waals surface area (Å²) < 4.78 is 0.834. The summed E-state index contributed by atoms with van der Waals surface area (Å²) in [6.07, 6.45) is 0. The first-order valence-electron chi connectivity index (χ1n) is 4.97. The first-order chi connectivity index (χ1) is 8.56. The van der Waals surface area contributed by atoms with E-state index >= 15 is 0 Å². The molecule has 0 aliphatic heterocycles. The Bertz CT molecular complexity index is 588. The van der Waals surface area contributed by atoms with Crippen molar-refractivity contribution in [2.45, 2.75) is 6.54 Å². The number of rotatable bonds is 4. The Morgan fingerprint density at radius 1 is 1.44 bits per heavy atom. The van der Waals surface area contributed by atoms with Gasteiger partial charge in [-0.15, -0.1) is 0 Å². The van der Waals surface area contributed by atoms with Crippen LogP contribution in [0.2, 0.25) is 5.02 Å². The van der Waals surface area contributed by atoms with Crippen LogP contribution in [0.4, 0.5) is 10.7 Å². The smallest absolute Gasteiger partial charge is 0.324 e. The molecule has 0 bridgehead atoms. The van der Waals surface area contributed by atoms with Crippen LogP contribution >= 0.6 is 38.9 Å². The van der Waals surface area contributed by atoms with E-state index < -0.39 is 0 Å². The Hall–Kier alpha value is -1.11. The van der Waals surface area contributed by atoms with Gasteiger partial charge in [0.25, 0.3) is 0 Å². The first kappa shape index (κ1) is 13.3. The highest BCUT2D eigenvalue weighted by Crippen LogP contribution is 2.27. The molecule has 0 saturated carbocycles. The van der Waals surface area contributed by atoms with Gasteiger partial charge in [0.15, 0.2) is 0 Å². The number of anilines is 1. The molecule has 4 nitrogen and oxygen atoms in total. The van der Waals surface area contributed by atoms with E-state index in [4.69, 9.17) is 11.6 Å². The minimum Gasteiger partial charge on any atom is -0.381 e. The number of thiophene rings is 1. The van der Waals surface area contributed by atoms with Gasteiger partial charge in [0.05, 0.1) is 9.95 Å². The third-order valence-corrected chi connectivity index (χ3v) is 4.40. The third-order valence-electron chi connectivity index (χ3n) is 2.24. The molecule has 1 N–H and O–H groups in total. The molecule has 2 rings (SSSR count). The fraction of sp³-hybridized carbons (Fsp3) is 0.0909. The predicted molar refractivity (Wildman–Crippen MR) is 77.5 cm³/mol. The van der Waals surface area contributed by atoms with Gasteiger partial charge in [-0.1, -0.05) is 22.9 Å². The van der Waals surface area contributed by atoms with Crippen LogP contribution in [0.15, 0.2) is 34.1 Å². The molecule has 0 fully saturated rings. The van der Waals surface area contributed by atoms with E-state index in [1.807, 2.05) is 12.1 Å². The molecule has 0 saturated heterocycles. The summed E-state index contributed by atoms with van der Waals surface area (Å²) in [6.45, 7) is 0.530. The quantitative estimate of drug-likeness (QED) is 0.645. The summed E-state index contributed by atoms with van der Waals surface area (Å²) >= 11 is 10.4. The highest BCUT2D eigenvalue weighted by Gasteiger charge is 2.09. The second kappa shape index (κ2) is 5.69. The van der Waals surface area contributed by atoms with E-state index in [1.165, 1.54) is 0 Å². The number of hydrogen-bond donors (Lipinski definition) is 1. The van der Waals surface area contributed by atoms with Gasteiger partial charge >= 0.3 is 5.00 Å². The van der Waals surface area contributed by atoms with Gasteiger partial charge in [-0.3, -0.25) is 10.1 Å². The van der Waals surface area contributed by atoms with E-state index in [-0.39, 0.29) is 9.92 Å². The molecule has 7 heteroatoms. The Morgan fingerprint density at radius 2 is 2.22 bits per heavy atom. The van der Waals surface area contributed by atoms with E-state index in [2.05, 4.69) is 21.2 Å². The topological polar surface area (TPSA) is 55.2 Å². The molecular formula is C11H8BrClN2O2S. The molecule has 0 spiro atoms. The largest absolute Gasteiger partial charge is 0.381 e. The molecule has 1 aromatic carbocycles. The predicted octanol–water partition coefficient (Wildman–Crippen LogP) is 4.68. The number of nitrogens with one attached hydrogen (secondary N) is 1. The van der Waals surface area contributed by atoms with Gasteiger partial charge in [0.2, 0.25) is 0 Å². The van der Waals surface area contributed by atoms with Gasteiger partial charge in [0.1, 0.15) is 0 Å². The molecule has 2 aromatic rings. The summed E-state index contributed by atoms with van der Waals surface area (Å²) in [5, 5.41) is 16.2. The number of hydrogen-bond acceptors (Lipinski definition) is 4. The van der Waals surface area contributed by atoms with Crippen molar-refractivity contribution in [3.05, 3.63) is 54.8 Å². The van der Waals surface area contributed by atoms with E-state index in [9.17, 15) is 10.1 Å². The summed E-state index contributed by atoms with van der Waals surface area (Å²) in [5.41, 5.74) is 1.75. The maximum absolute atomic E-state index is 10.5. The van der Waals surface area contributed by atoms with Crippen molar-refractivity contribution in [3.63, 3.8) is 0 Å². The molecule has 1 heterocycles. The lowest BCUT2D eigenvalue weighted by Crippen LogP contribution is -1.97. The standard InChI is InChI=1S/C11H8BrClN2O2S/c12-9-2-1-8(4-10(9)13)14-5-7-3-11(15(16)17)18-6-7/h1-4,6,14H,5H2. The lowest BCUT2D eigenvalue weighted by Gasteiger charge is -2.05. The number of nitrogens with zero attached hydrogens (tertiary/aromatic N) is 1. The highest BCUT2D eigenvalue weighted by molar-refractivity contribution is 9.10. The van der Waals surface area contributed by atoms with Gasteiger partial charge in [-0.25, -0.2) is 0 Å². The van der Waals surface area contributed by atoms with Crippen LogP contribution in [0.1, 0.15) is 5.56 Å². The Labute approximate surface area is 121 Å². The minimum absolute atomic E-state index is 0.153. The molecule has 1 aromatic heterocycles. The summed E-state index contributed by atoms with van der Waals surface area (Å²) in [6, 6.07) is 7.10. The normalized spacial score (nSPS) is 10.3. The number of benzene rings is 1. The molecule has 0 atom stereocenters. The monoisotopic (exact) mass is 346 g/mol. The van der Waals surface area contributed by atoms with Crippen LogP contribution in [0, 0.1) is 10.1 Å². The Morgan fingerprint density at radius 3 is 2.83 bits per heavy atom. The van der Waals surface area contributed by atoms with E-state index in [0.717, 1.165) is 27.1 Å². The van der Waals surface area contributed by atoms with Crippen LogP contribution in [-0.2, 0) is 6.54 Å². The molecular weight excluding hydrogens is 340 g/mol. The summed E-state index contributed by atoms with van der Waals surface area (Å²) in [7, 11) is 0. The summed E-state index contributed by atoms with van der Waals surface area (Å²) in [4.78, 5) is 10.2. The Kier molecular flexibility index (Phi) is 4.21. The van der Waals surface area contributed by atoms with Crippen molar-refractivity contribution in [1.29, 1.82) is 0 Å². The fourth-order valence-electron chi connectivity index (χ4n) is 1.36. The highest BCUT2D eigenvalue weighted by atomic mass is 79.9. The molecule has 0 aliphatic carbocycles. The van der Waals surface area contributed by atoms with Crippen molar-refractivity contribution in [1.82, 2.24) is 0 Å². The molecule has 0 unspecified atom stereocenters. The average Bonchev–Trinajstić information content (AvgIpc) is 2.79. The molecule has 0 radical (unpaired) electrons. The van der Waals surface area contributed by atoms with Crippen molar-refractivity contribution in [3.8, 4) is 0 Å². The van der Waals surface area contributed by atoms with Gasteiger partial charge in [0, 0.05) is 28.2 Å². The van der Waals surface area contributed by atoms with Crippen LogP contribution < -0.4 is 5.32 Å². The lowest BCUT2D eigenvalue weighted by molar-refractivity contribution is -0.380. The van der Waals surface area contributed by atoms with Crippen LogP contribution in [0.5, 0.6) is 0 Å². The molecule has 0 amide bonds. The zero-order valence-corrected chi connectivity index (χ0v) is 12.2. The molecule has 0 aliphatic rings. The zero-order valence-electron chi connectivity index (χ0n) is 9.02. The Balaban J connectivity index is 2.02. The first-order valence-corrected chi connectivity index (χ1v) is 7.02. The molecule has 94 valence electrons. The maximum atomic E-state index is 10.5. The van der Waals surface area contributed by atoms with E-state index in [0.29, 0.717) is 11.6 Å². The fourth-order valence-corrected chi connectivity index (χ4v) is 2.52. The van der Waals surface area contributed by atoms with Crippen molar-refractivity contribution in [2.75, 3.05) is 5.32 Å². The van der Waals surface area contributed by atoms with Crippen LogP contribution in [0.25, 0.3) is 0 Å². The lowest BCUT2D eigenvalue weighted by atomic mass is 10.3. The number of halogens is 2. The van der Waals surface area contributed by atoms with E-state index in [1.54, 1.807) is 17.5 Å². The summed E-state index contributed by atoms with van der Waals surface area (Å²) in [5.74, 6) is 0. The van der Waals surface area contributed by atoms with Crippen molar-refractivity contribution in [2.24, 2.45) is 0 Å². The average molecular weight is 348 g/mol. The van der Waals surface area contributed by atoms with Crippen LogP contribution in [-0.4, -0.2) is 4.92 Å². The third kappa shape index (κ3) is 3.22. The van der Waals surface area contributed by atoms with Crippen molar-refractivity contribution < 1.29 is 4.92 Å². The second-order valence-corrected chi connectivity index (χ2v) is 5.68. The maximum Gasteiger partial charge on any atom is 0.324 e. The second-order valence-electron chi connectivity index (χ2n) is 3.53. The minimum atomic E-state index is -0.384. The SMILES string of the molecule is O=[N+]([O-])c1cc(CNc2ccc(Br)c(Cl)c2)cs1. The van der Waals surface area contributed by atoms with Gasteiger partial charge < -0.3 is 5.32 Å². The van der Waals surface area contributed by atoms with Crippen LogP contribution in [0.3, 0.4) is 0 Å². The zero-order chi connectivity index (χ0) is 13.1. The van der Waals surface area contributed by atoms with Gasteiger partial charge in [-0.2, -0.15) is 0 Å². The van der Waals surface area contributed by atoms with Crippen molar-refractivity contribution >= 4 is 49.6 Å².